The Hall–Kier alpha value is -3.35. The van der Waals surface area contributed by atoms with Gasteiger partial charge in [0.25, 0.3) is 0 Å². The molecule has 0 spiro atoms. The van der Waals surface area contributed by atoms with Crippen LogP contribution in [0.5, 0.6) is 0 Å². The van der Waals surface area contributed by atoms with Gasteiger partial charge in [-0.05, 0) is 22.3 Å². The van der Waals surface area contributed by atoms with Gasteiger partial charge in [-0.25, -0.2) is 4.79 Å². The number of hydrogen-bond donors (Lipinski definition) is 2. The maximum absolute atomic E-state index is 12.0. The quantitative estimate of drug-likeness (QED) is 0.599. The molecule has 0 heterocycles. The Morgan fingerprint density at radius 1 is 1.04 bits per heavy atom. The molecule has 3 rings (SSSR count). The molecular weight excluding hydrogens is 350 g/mol. The number of carbonyl (C=O) groups excluding carboxylic acids is 2. The fraction of sp³-hybridized carbons (Fsp3) is 0.250. The fourth-order valence-electron chi connectivity index (χ4n) is 3.25. The number of hydrogen-bond acceptors (Lipinski definition) is 5. The van der Waals surface area contributed by atoms with Crippen molar-refractivity contribution < 1.29 is 29.0 Å². The minimum Gasteiger partial charge on any atom is -0.481 e. The Bertz CT molecular complexity index is 833. The molecule has 0 saturated heterocycles. The zero-order valence-electron chi connectivity index (χ0n) is 14.7. The van der Waals surface area contributed by atoms with Gasteiger partial charge in [-0.3, -0.25) is 9.59 Å². The first kappa shape index (κ1) is 18.4. The molecule has 0 aliphatic heterocycles. The van der Waals surface area contributed by atoms with Crippen molar-refractivity contribution in [1.82, 2.24) is 5.32 Å². The average Bonchev–Trinajstić information content (AvgIpc) is 3.00. The van der Waals surface area contributed by atoms with E-state index in [1.807, 2.05) is 48.5 Å². The number of benzene rings is 2. The van der Waals surface area contributed by atoms with Crippen LogP contribution in [0, 0.1) is 5.92 Å². The molecule has 0 bridgehead atoms. The van der Waals surface area contributed by atoms with Gasteiger partial charge in [0.1, 0.15) is 6.61 Å². The van der Waals surface area contributed by atoms with Crippen molar-refractivity contribution >= 4 is 18.0 Å². The van der Waals surface area contributed by atoms with Crippen molar-refractivity contribution in [2.75, 3.05) is 20.3 Å². The molecule has 1 aliphatic rings. The van der Waals surface area contributed by atoms with Gasteiger partial charge in [-0.15, -0.1) is 0 Å². The third-order valence-electron chi connectivity index (χ3n) is 4.58. The van der Waals surface area contributed by atoms with Crippen molar-refractivity contribution in [2.24, 2.45) is 5.92 Å². The lowest BCUT2D eigenvalue weighted by Gasteiger charge is -2.15. The van der Waals surface area contributed by atoms with Crippen molar-refractivity contribution in [3.8, 4) is 11.1 Å². The van der Waals surface area contributed by atoms with Crippen molar-refractivity contribution in [1.29, 1.82) is 0 Å². The third kappa shape index (κ3) is 3.76. The summed E-state index contributed by atoms with van der Waals surface area (Å²) in [6, 6.07) is 15.9. The summed E-state index contributed by atoms with van der Waals surface area (Å²) in [4.78, 5) is 34.5. The first-order valence-electron chi connectivity index (χ1n) is 8.42. The lowest BCUT2D eigenvalue weighted by atomic mass is 9.98. The first-order chi connectivity index (χ1) is 13.0. The van der Waals surface area contributed by atoms with Crippen molar-refractivity contribution in [2.45, 2.75) is 5.92 Å². The molecule has 1 aliphatic carbocycles. The molecule has 0 saturated carbocycles. The Morgan fingerprint density at radius 3 is 2.11 bits per heavy atom. The Morgan fingerprint density at radius 2 is 1.59 bits per heavy atom. The van der Waals surface area contributed by atoms with E-state index in [0.29, 0.717) is 0 Å². The van der Waals surface area contributed by atoms with Crippen LogP contribution in [0.15, 0.2) is 48.5 Å². The number of fused-ring (bicyclic) bond motifs is 3. The molecule has 0 radical (unpaired) electrons. The molecular formula is C20H19NO6. The van der Waals surface area contributed by atoms with Crippen LogP contribution in [-0.4, -0.2) is 43.4 Å². The smallest absolute Gasteiger partial charge is 0.407 e. The van der Waals surface area contributed by atoms with E-state index in [1.54, 1.807) is 0 Å². The highest BCUT2D eigenvalue weighted by Gasteiger charge is 2.30. The number of rotatable bonds is 6. The molecule has 2 aromatic carbocycles. The maximum Gasteiger partial charge on any atom is 0.407 e. The molecule has 2 aromatic rings. The van der Waals surface area contributed by atoms with E-state index >= 15 is 0 Å². The average molecular weight is 369 g/mol. The molecule has 7 heteroatoms. The van der Waals surface area contributed by atoms with Gasteiger partial charge in [0.15, 0.2) is 5.92 Å². The highest BCUT2D eigenvalue weighted by Crippen LogP contribution is 2.44. The van der Waals surface area contributed by atoms with Gasteiger partial charge in [0.2, 0.25) is 0 Å². The minimum atomic E-state index is -1.48. The van der Waals surface area contributed by atoms with Crippen LogP contribution < -0.4 is 5.32 Å². The summed E-state index contributed by atoms with van der Waals surface area (Å²) in [6.45, 7) is -0.297. The largest absolute Gasteiger partial charge is 0.481 e. The van der Waals surface area contributed by atoms with Crippen molar-refractivity contribution in [3.63, 3.8) is 0 Å². The number of esters is 1. The van der Waals surface area contributed by atoms with E-state index < -0.39 is 30.5 Å². The normalized spacial score (nSPS) is 13.2. The van der Waals surface area contributed by atoms with Crippen LogP contribution in [0.1, 0.15) is 17.0 Å². The lowest BCUT2D eigenvalue weighted by molar-refractivity contribution is -0.156. The number of alkyl carbamates (subject to hydrolysis) is 1. The number of carboxylic acid groups (broad SMARTS) is 1. The second-order valence-electron chi connectivity index (χ2n) is 6.12. The second-order valence-corrected chi connectivity index (χ2v) is 6.12. The van der Waals surface area contributed by atoms with Gasteiger partial charge in [-0.1, -0.05) is 48.5 Å². The van der Waals surface area contributed by atoms with Crippen LogP contribution in [0.3, 0.4) is 0 Å². The summed E-state index contributed by atoms with van der Waals surface area (Å²) in [5, 5.41) is 11.3. The summed E-state index contributed by atoms with van der Waals surface area (Å²) in [6.07, 6.45) is -0.785. The predicted octanol–water partition coefficient (Wildman–Crippen LogP) is 2.40. The third-order valence-corrected chi connectivity index (χ3v) is 4.58. The van der Waals surface area contributed by atoms with E-state index in [4.69, 9.17) is 9.84 Å². The number of amides is 1. The van der Waals surface area contributed by atoms with Crippen LogP contribution in [0.25, 0.3) is 11.1 Å². The Kier molecular flexibility index (Phi) is 5.40. The lowest BCUT2D eigenvalue weighted by Crippen LogP contribution is -2.38. The monoisotopic (exact) mass is 369 g/mol. The number of carboxylic acids is 1. The van der Waals surface area contributed by atoms with Gasteiger partial charge < -0.3 is 19.9 Å². The molecule has 2 N–H and O–H groups in total. The SMILES string of the molecule is COC(=O)C(CNC(=O)OCC1c2ccccc2-c2ccccc21)C(=O)O. The number of methoxy groups -OCH3 is 1. The molecule has 1 amide bonds. The van der Waals surface area contributed by atoms with Crippen molar-refractivity contribution in [3.05, 3.63) is 59.7 Å². The molecule has 0 aromatic heterocycles. The van der Waals surface area contributed by atoms with E-state index in [-0.39, 0.29) is 12.5 Å². The van der Waals surface area contributed by atoms with Gasteiger partial charge >= 0.3 is 18.0 Å². The minimum absolute atomic E-state index is 0.0981. The summed E-state index contributed by atoms with van der Waals surface area (Å²) in [7, 11) is 1.09. The fourth-order valence-corrected chi connectivity index (χ4v) is 3.25. The predicted molar refractivity (Wildman–Crippen MR) is 96.2 cm³/mol. The summed E-state index contributed by atoms with van der Waals surface area (Å²) >= 11 is 0. The summed E-state index contributed by atoms with van der Waals surface area (Å²) in [5.41, 5.74) is 4.37. The van der Waals surface area contributed by atoms with Crippen LogP contribution in [0.4, 0.5) is 4.79 Å². The van der Waals surface area contributed by atoms with Crippen LogP contribution in [0.2, 0.25) is 0 Å². The number of ether oxygens (including phenoxy) is 2. The van der Waals surface area contributed by atoms with Gasteiger partial charge in [0, 0.05) is 12.5 Å². The molecule has 7 nitrogen and oxygen atoms in total. The van der Waals surface area contributed by atoms with Gasteiger partial charge in [-0.2, -0.15) is 0 Å². The van der Waals surface area contributed by atoms with Crippen LogP contribution in [-0.2, 0) is 19.1 Å². The van der Waals surface area contributed by atoms with E-state index in [0.717, 1.165) is 29.4 Å². The van der Waals surface area contributed by atoms with Crippen LogP contribution >= 0.6 is 0 Å². The zero-order valence-corrected chi connectivity index (χ0v) is 14.7. The van der Waals surface area contributed by atoms with E-state index in [2.05, 4.69) is 10.1 Å². The number of carbonyl (C=O) groups is 3. The standard InChI is InChI=1S/C20H19NO6/c1-26-19(24)16(18(22)23)10-21-20(25)27-11-17-14-8-4-2-6-12(14)13-7-3-5-9-15(13)17/h2-9,16-17H,10-11H2,1H3,(H,21,25)(H,22,23). The topological polar surface area (TPSA) is 102 Å². The van der Waals surface area contributed by atoms with Gasteiger partial charge in [0.05, 0.1) is 7.11 Å². The number of aliphatic carboxylic acids is 1. The summed E-state index contributed by atoms with van der Waals surface area (Å²) < 4.78 is 9.70. The molecule has 1 unspecified atom stereocenters. The summed E-state index contributed by atoms with van der Waals surface area (Å²) in [5.74, 6) is -3.88. The molecule has 0 fully saturated rings. The number of nitrogens with one attached hydrogen (secondary N) is 1. The Labute approximate surface area is 155 Å². The molecule has 1 atom stereocenters. The molecule has 140 valence electrons. The second kappa shape index (κ2) is 7.90. The highest BCUT2D eigenvalue weighted by atomic mass is 16.5. The maximum atomic E-state index is 12.0. The van der Waals surface area contributed by atoms with E-state index in [1.165, 1.54) is 0 Å². The zero-order chi connectivity index (χ0) is 19.4. The molecule has 27 heavy (non-hydrogen) atoms. The Balaban J connectivity index is 1.64. The first-order valence-corrected chi connectivity index (χ1v) is 8.42. The highest BCUT2D eigenvalue weighted by molar-refractivity contribution is 5.94. The van der Waals surface area contributed by atoms with E-state index in [9.17, 15) is 14.4 Å².